The molecule has 0 aliphatic carbocycles. The maximum Gasteiger partial charge on any atom is 0.159 e. The molecule has 0 saturated carbocycles. The van der Waals surface area contributed by atoms with Crippen LogP contribution in [0.15, 0.2) is 30.3 Å². The first-order valence-corrected chi connectivity index (χ1v) is 4.10. The van der Waals surface area contributed by atoms with Crippen molar-refractivity contribution < 1.29 is 4.79 Å². The molecule has 62 valence electrons. The van der Waals surface area contributed by atoms with Crippen molar-refractivity contribution in [3.63, 3.8) is 0 Å². The minimum absolute atomic E-state index is 0.0923. The zero-order chi connectivity index (χ0) is 9.26. The molecular weight excluding hydrogens is 160 g/mol. The highest BCUT2D eigenvalue weighted by molar-refractivity contribution is 5.98. The normalized spacial score (nSPS) is 10.2. The lowest BCUT2D eigenvalue weighted by Crippen LogP contribution is -1.90. The Hall–Kier alpha value is -1.63. The summed E-state index contributed by atoms with van der Waals surface area (Å²) in [7, 11) is 0. The average Bonchev–Trinajstić information content (AvgIpc) is 2.17. The van der Waals surface area contributed by atoms with E-state index in [2.05, 4.69) is 12.1 Å². The van der Waals surface area contributed by atoms with Gasteiger partial charge in [0, 0.05) is 5.56 Å². The number of hydrogen-bond acceptors (Lipinski definition) is 1. The maximum absolute atomic E-state index is 11.1. The smallest absolute Gasteiger partial charge is 0.159 e. The van der Waals surface area contributed by atoms with Gasteiger partial charge in [-0.15, -0.1) is 0 Å². The minimum atomic E-state index is 0.0923. The minimum Gasteiger partial charge on any atom is -0.295 e. The number of Topliss-reactive ketones (excluding diaryl/α,β-unsaturated/α-hetero) is 1. The summed E-state index contributed by atoms with van der Waals surface area (Å²) in [5, 5.41) is 2.03. The van der Waals surface area contributed by atoms with Gasteiger partial charge in [-0.2, -0.15) is 0 Å². The van der Waals surface area contributed by atoms with Crippen molar-refractivity contribution >= 4 is 16.6 Å². The van der Waals surface area contributed by atoms with Gasteiger partial charge < -0.3 is 0 Å². The molecule has 0 bridgehead atoms. The highest BCUT2D eigenvalue weighted by Crippen LogP contribution is 2.14. The highest BCUT2D eigenvalue weighted by atomic mass is 16.1. The second-order valence-corrected chi connectivity index (χ2v) is 2.96. The summed E-state index contributed by atoms with van der Waals surface area (Å²) in [6.45, 7) is 1.57. The molecule has 0 aromatic heterocycles. The third kappa shape index (κ3) is 1.45. The fourth-order valence-electron chi connectivity index (χ4n) is 1.28. The number of benzene rings is 2. The number of fused-ring (bicyclic) bond motifs is 1. The van der Waals surface area contributed by atoms with Crippen LogP contribution in [0, 0.1) is 12.1 Å². The average molecular weight is 168 g/mol. The molecule has 2 aromatic carbocycles. The van der Waals surface area contributed by atoms with Gasteiger partial charge in [0.05, 0.1) is 0 Å². The van der Waals surface area contributed by atoms with Gasteiger partial charge >= 0.3 is 0 Å². The van der Waals surface area contributed by atoms with Gasteiger partial charge in [-0.1, -0.05) is 24.3 Å². The summed E-state index contributed by atoms with van der Waals surface area (Å²) in [5.41, 5.74) is 0.743. The van der Waals surface area contributed by atoms with Gasteiger partial charge in [0.2, 0.25) is 0 Å². The number of carbonyl (C=O) groups is 1. The quantitative estimate of drug-likeness (QED) is 0.598. The van der Waals surface area contributed by atoms with Crippen LogP contribution in [-0.4, -0.2) is 5.78 Å². The van der Waals surface area contributed by atoms with Crippen LogP contribution in [0.1, 0.15) is 17.3 Å². The molecule has 0 aliphatic heterocycles. The summed E-state index contributed by atoms with van der Waals surface area (Å²) in [4.78, 5) is 11.1. The third-order valence-corrected chi connectivity index (χ3v) is 2.01. The summed E-state index contributed by atoms with van der Waals surface area (Å²) in [5.74, 6) is 0.0923. The molecule has 2 rings (SSSR count). The van der Waals surface area contributed by atoms with Crippen LogP contribution >= 0.6 is 0 Å². The van der Waals surface area contributed by atoms with Crippen molar-refractivity contribution in [1.29, 1.82) is 0 Å². The van der Waals surface area contributed by atoms with Crippen LogP contribution in [0.4, 0.5) is 0 Å². The highest BCUT2D eigenvalue weighted by Gasteiger charge is 1.99. The fraction of sp³-hybridized carbons (Fsp3) is 0.0833. The van der Waals surface area contributed by atoms with Crippen molar-refractivity contribution in [2.24, 2.45) is 0 Å². The molecule has 0 atom stereocenters. The largest absolute Gasteiger partial charge is 0.295 e. The van der Waals surface area contributed by atoms with E-state index in [0.29, 0.717) is 0 Å². The number of rotatable bonds is 1. The Bertz CT molecular complexity index is 457. The van der Waals surface area contributed by atoms with Gasteiger partial charge in [0.1, 0.15) is 0 Å². The molecule has 13 heavy (non-hydrogen) atoms. The lowest BCUT2D eigenvalue weighted by atomic mass is 10.1. The van der Waals surface area contributed by atoms with Crippen LogP contribution in [0.25, 0.3) is 10.8 Å². The predicted molar refractivity (Wildman–Crippen MR) is 51.6 cm³/mol. The van der Waals surface area contributed by atoms with E-state index in [9.17, 15) is 4.79 Å². The molecule has 0 aliphatic rings. The molecule has 0 unspecified atom stereocenters. The first-order valence-electron chi connectivity index (χ1n) is 4.10. The monoisotopic (exact) mass is 168 g/mol. The molecule has 2 radical (unpaired) electrons. The van der Waals surface area contributed by atoms with Crippen LogP contribution in [-0.2, 0) is 0 Å². The van der Waals surface area contributed by atoms with Crippen molar-refractivity contribution in [1.82, 2.24) is 0 Å². The maximum atomic E-state index is 11.1. The van der Waals surface area contributed by atoms with Crippen LogP contribution in [0.2, 0.25) is 0 Å². The molecule has 0 spiro atoms. The van der Waals surface area contributed by atoms with Crippen molar-refractivity contribution in [3.8, 4) is 0 Å². The van der Waals surface area contributed by atoms with Crippen LogP contribution in [0.5, 0.6) is 0 Å². The Morgan fingerprint density at radius 2 is 2.15 bits per heavy atom. The molecule has 0 amide bonds. The van der Waals surface area contributed by atoms with Gasteiger partial charge in [0.25, 0.3) is 0 Å². The Labute approximate surface area is 77.0 Å². The summed E-state index contributed by atoms with van der Waals surface area (Å²) in [6.07, 6.45) is 0. The third-order valence-electron chi connectivity index (χ3n) is 2.01. The topological polar surface area (TPSA) is 17.1 Å². The molecular formula is C12H8O. The summed E-state index contributed by atoms with van der Waals surface area (Å²) < 4.78 is 0. The molecule has 0 saturated heterocycles. The molecule has 1 heteroatoms. The summed E-state index contributed by atoms with van der Waals surface area (Å²) in [6, 6.07) is 15.2. The van der Waals surface area contributed by atoms with E-state index in [-0.39, 0.29) is 5.78 Å². The molecule has 0 heterocycles. The van der Waals surface area contributed by atoms with Gasteiger partial charge in [-0.05, 0) is 35.9 Å². The van der Waals surface area contributed by atoms with E-state index >= 15 is 0 Å². The number of ketones is 1. The molecule has 1 nitrogen and oxygen atoms in total. The Morgan fingerprint density at radius 1 is 1.31 bits per heavy atom. The fourth-order valence-corrected chi connectivity index (χ4v) is 1.28. The number of carbonyl (C=O) groups excluding carboxylic acids is 1. The Kier molecular flexibility index (Phi) is 1.85. The van der Waals surface area contributed by atoms with E-state index in [1.165, 1.54) is 0 Å². The van der Waals surface area contributed by atoms with E-state index in [0.717, 1.165) is 16.3 Å². The van der Waals surface area contributed by atoms with E-state index in [4.69, 9.17) is 0 Å². The predicted octanol–water partition coefficient (Wildman–Crippen LogP) is 2.64. The molecule has 2 aromatic rings. The summed E-state index contributed by atoms with van der Waals surface area (Å²) >= 11 is 0. The van der Waals surface area contributed by atoms with Crippen molar-refractivity contribution in [2.45, 2.75) is 6.92 Å². The second kappa shape index (κ2) is 3.02. The van der Waals surface area contributed by atoms with Crippen LogP contribution < -0.4 is 0 Å². The second-order valence-electron chi connectivity index (χ2n) is 2.96. The zero-order valence-electron chi connectivity index (χ0n) is 7.29. The van der Waals surface area contributed by atoms with E-state index in [1.807, 2.05) is 24.3 Å². The van der Waals surface area contributed by atoms with Crippen molar-refractivity contribution in [2.75, 3.05) is 0 Å². The SMILES string of the molecule is CC(=O)c1ccc2[c][c]ccc2c1. The van der Waals surface area contributed by atoms with Crippen LogP contribution in [0.3, 0.4) is 0 Å². The standard InChI is InChI=1S/C12H8O/c1-9(13)11-7-6-10-4-2-3-5-12(10)8-11/h3,5-8H,1H3. The van der Waals surface area contributed by atoms with Gasteiger partial charge in [-0.3, -0.25) is 4.79 Å². The van der Waals surface area contributed by atoms with Crippen molar-refractivity contribution in [3.05, 3.63) is 48.0 Å². The van der Waals surface area contributed by atoms with E-state index < -0.39 is 0 Å². The Balaban J connectivity index is 2.69. The van der Waals surface area contributed by atoms with Gasteiger partial charge in [0.15, 0.2) is 5.78 Å². The first kappa shape index (κ1) is 7.99. The Morgan fingerprint density at radius 3 is 2.92 bits per heavy atom. The lowest BCUT2D eigenvalue weighted by Gasteiger charge is -1.98. The molecule has 0 fully saturated rings. The lowest BCUT2D eigenvalue weighted by molar-refractivity contribution is 0.101. The van der Waals surface area contributed by atoms with Gasteiger partial charge in [-0.25, -0.2) is 0 Å². The molecule has 0 N–H and O–H groups in total. The first-order chi connectivity index (χ1) is 6.27. The zero-order valence-corrected chi connectivity index (χ0v) is 7.29. The number of hydrogen-bond donors (Lipinski definition) is 0. The van der Waals surface area contributed by atoms with E-state index in [1.54, 1.807) is 13.0 Å².